The summed E-state index contributed by atoms with van der Waals surface area (Å²) >= 11 is 0. The lowest BCUT2D eigenvalue weighted by Gasteiger charge is -2.33. The summed E-state index contributed by atoms with van der Waals surface area (Å²) in [6.45, 7) is 2.41. The van der Waals surface area contributed by atoms with E-state index in [4.69, 9.17) is 4.99 Å². The van der Waals surface area contributed by atoms with E-state index in [0.29, 0.717) is 24.3 Å². The molecule has 6 heteroatoms. The van der Waals surface area contributed by atoms with Crippen molar-refractivity contribution in [3.05, 3.63) is 48.3 Å². The van der Waals surface area contributed by atoms with Crippen LogP contribution in [0.15, 0.2) is 47.7 Å². The fourth-order valence-electron chi connectivity index (χ4n) is 4.14. The van der Waals surface area contributed by atoms with Crippen LogP contribution in [0.4, 0.5) is 0 Å². The second kappa shape index (κ2) is 7.34. The number of hydrogen-bond acceptors (Lipinski definition) is 5. The normalized spacial score (nSPS) is 24.6. The standard InChI is InChI=1S/C22H25N5O/c28-22(16-8-9-16)27-10-4-7-17(14-27)21-25-13-19(26-21)18-11-23-20(24-12-18)15-5-2-1-3-6-15/h1-3,5-6,11-12,16-17,19H,4,7-10,13-14H2,(H,25,26). The van der Waals surface area contributed by atoms with Crippen LogP contribution in [0.1, 0.15) is 37.3 Å². The summed E-state index contributed by atoms with van der Waals surface area (Å²) < 4.78 is 0. The number of hydrogen-bond donors (Lipinski definition) is 1. The molecule has 1 N–H and O–H groups in total. The Morgan fingerprint density at radius 1 is 1.07 bits per heavy atom. The SMILES string of the molecule is O=C(C1CC1)N1CCCC(C2=NCC(c3cnc(-c4ccccc4)nc3)N2)C1. The fraction of sp³-hybridized carbons (Fsp3) is 0.455. The first-order valence-electron chi connectivity index (χ1n) is 10.2. The van der Waals surface area contributed by atoms with Crippen molar-refractivity contribution in [3.8, 4) is 11.4 Å². The summed E-state index contributed by atoms with van der Waals surface area (Å²) in [4.78, 5) is 28.3. The Morgan fingerprint density at radius 2 is 1.86 bits per heavy atom. The molecule has 3 aliphatic rings. The summed E-state index contributed by atoms with van der Waals surface area (Å²) in [6, 6.07) is 10.1. The molecule has 1 amide bonds. The van der Waals surface area contributed by atoms with Crippen molar-refractivity contribution in [3.63, 3.8) is 0 Å². The summed E-state index contributed by atoms with van der Waals surface area (Å²) in [7, 11) is 0. The Bertz CT molecular complexity index is 876. The number of likely N-dealkylation sites (tertiary alicyclic amines) is 1. The zero-order valence-corrected chi connectivity index (χ0v) is 15.9. The highest BCUT2D eigenvalue weighted by Crippen LogP contribution is 2.33. The number of nitrogens with zero attached hydrogens (tertiary/aromatic N) is 4. The second-order valence-corrected chi connectivity index (χ2v) is 8.03. The van der Waals surface area contributed by atoms with Crippen LogP contribution in [0.5, 0.6) is 0 Å². The van der Waals surface area contributed by atoms with E-state index in [1.54, 1.807) is 0 Å². The van der Waals surface area contributed by atoms with Crippen molar-refractivity contribution in [1.82, 2.24) is 20.2 Å². The predicted molar refractivity (Wildman–Crippen MR) is 108 cm³/mol. The summed E-state index contributed by atoms with van der Waals surface area (Å²) in [6.07, 6.45) is 8.09. The Kier molecular flexibility index (Phi) is 4.55. The third kappa shape index (κ3) is 3.51. The number of piperidine rings is 1. The molecule has 2 fully saturated rings. The predicted octanol–water partition coefficient (Wildman–Crippen LogP) is 2.84. The first kappa shape index (κ1) is 17.3. The van der Waals surface area contributed by atoms with E-state index in [2.05, 4.69) is 20.2 Å². The topological polar surface area (TPSA) is 70.5 Å². The van der Waals surface area contributed by atoms with Crippen LogP contribution < -0.4 is 5.32 Å². The van der Waals surface area contributed by atoms with E-state index < -0.39 is 0 Å². The number of aromatic nitrogens is 2. The number of amides is 1. The molecule has 5 rings (SSSR count). The largest absolute Gasteiger partial charge is 0.365 e. The lowest BCUT2D eigenvalue weighted by Crippen LogP contribution is -2.45. The fourth-order valence-corrected chi connectivity index (χ4v) is 4.14. The maximum atomic E-state index is 12.4. The molecule has 2 atom stereocenters. The average Bonchev–Trinajstić information content (AvgIpc) is 3.50. The van der Waals surface area contributed by atoms with Crippen molar-refractivity contribution >= 4 is 11.7 Å². The molecule has 2 unspecified atom stereocenters. The van der Waals surface area contributed by atoms with Gasteiger partial charge in [0.05, 0.1) is 12.6 Å². The van der Waals surface area contributed by atoms with Crippen molar-refractivity contribution in [2.45, 2.75) is 31.7 Å². The number of nitrogens with one attached hydrogen (secondary N) is 1. The third-order valence-electron chi connectivity index (χ3n) is 5.92. The molecule has 1 aliphatic carbocycles. The molecular weight excluding hydrogens is 350 g/mol. The summed E-state index contributed by atoms with van der Waals surface area (Å²) in [5.74, 6) is 2.76. The summed E-state index contributed by atoms with van der Waals surface area (Å²) in [5.41, 5.74) is 2.08. The third-order valence-corrected chi connectivity index (χ3v) is 5.92. The lowest BCUT2D eigenvalue weighted by atomic mass is 9.96. The van der Waals surface area contributed by atoms with Crippen LogP contribution in [0.2, 0.25) is 0 Å². The summed E-state index contributed by atoms with van der Waals surface area (Å²) in [5, 5.41) is 3.57. The molecular formula is C22H25N5O. The van der Waals surface area contributed by atoms with Crippen LogP contribution in [-0.2, 0) is 4.79 Å². The van der Waals surface area contributed by atoms with Gasteiger partial charge in [0.15, 0.2) is 5.82 Å². The zero-order chi connectivity index (χ0) is 18.9. The molecule has 0 radical (unpaired) electrons. The van der Waals surface area contributed by atoms with Gasteiger partial charge in [0.1, 0.15) is 5.84 Å². The van der Waals surface area contributed by atoms with Gasteiger partial charge in [-0.2, -0.15) is 0 Å². The molecule has 144 valence electrons. The number of benzene rings is 1. The lowest BCUT2D eigenvalue weighted by molar-refractivity contribution is -0.133. The van der Waals surface area contributed by atoms with Gasteiger partial charge in [-0.3, -0.25) is 9.79 Å². The quantitative estimate of drug-likeness (QED) is 0.892. The van der Waals surface area contributed by atoms with Crippen molar-refractivity contribution < 1.29 is 4.79 Å². The maximum Gasteiger partial charge on any atom is 0.225 e. The molecule has 2 aliphatic heterocycles. The molecule has 1 aromatic carbocycles. The molecule has 1 aromatic heterocycles. The Hall–Kier alpha value is -2.76. The molecule has 0 bridgehead atoms. The van der Waals surface area contributed by atoms with Gasteiger partial charge in [0.2, 0.25) is 5.91 Å². The minimum atomic E-state index is 0.120. The van der Waals surface area contributed by atoms with E-state index in [1.165, 1.54) is 0 Å². The van der Waals surface area contributed by atoms with Gasteiger partial charge in [-0.25, -0.2) is 9.97 Å². The van der Waals surface area contributed by atoms with Crippen LogP contribution >= 0.6 is 0 Å². The average molecular weight is 375 g/mol. The van der Waals surface area contributed by atoms with E-state index in [-0.39, 0.29) is 6.04 Å². The number of aliphatic imine (C=N–C) groups is 1. The van der Waals surface area contributed by atoms with Gasteiger partial charge < -0.3 is 10.2 Å². The van der Waals surface area contributed by atoms with E-state index in [1.807, 2.05) is 42.7 Å². The van der Waals surface area contributed by atoms with Crippen molar-refractivity contribution in [2.24, 2.45) is 16.8 Å². The Balaban J connectivity index is 1.22. The highest BCUT2D eigenvalue weighted by Gasteiger charge is 2.37. The van der Waals surface area contributed by atoms with E-state index in [0.717, 1.165) is 61.6 Å². The second-order valence-electron chi connectivity index (χ2n) is 8.03. The number of carbonyl (C=O) groups excluding carboxylic acids is 1. The number of carbonyl (C=O) groups is 1. The minimum absolute atomic E-state index is 0.120. The van der Waals surface area contributed by atoms with Gasteiger partial charge in [0, 0.05) is 48.4 Å². The molecule has 2 aromatic rings. The first-order valence-corrected chi connectivity index (χ1v) is 10.2. The smallest absolute Gasteiger partial charge is 0.225 e. The van der Waals surface area contributed by atoms with E-state index >= 15 is 0 Å². The Labute approximate surface area is 165 Å². The Morgan fingerprint density at radius 3 is 2.61 bits per heavy atom. The highest BCUT2D eigenvalue weighted by atomic mass is 16.2. The van der Waals surface area contributed by atoms with E-state index in [9.17, 15) is 4.79 Å². The van der Waals surface area contributed by atoms with Crippen molar-refractivity contribution in [1.29, 1.82) is 0 Å². The molecule has 3 heterocycles. The minimum Gasteiger partial charge on any atom is -0.365 e. The monoisotopic (exact) mass is 375 g/mol. The van der Waals surface area contributed by atoms with Crippen LogP contribution in [0.3, 0.4) is 0 Å². The zero-order valence-electron chi connectivity index (χ0n) is 15.9. The van der Waals surface area contributed by atoms with Gasteiger partial charge in [-0.1, -0.05) is 30.3 Å². The molecule has 28 heavy (non-hydrogen) atoms. The maximum absolute atomic E-state index is 12.4. The van der Waals surface area contributed by atoms with Gasteiger partial charge in [-0.15, -0.1) is 0 Å². The molecule has 6 nitrogen and oxygen atoms in total. The number of amidine groups is 1. The van der Waals surface area contributed by atoms with Crippen LogP contribution in [-0.4, -0.2) is 46.2 Å². The highest BCUT2D eigenvalue weighted by molar-refractivity contribution is 5.88. The number of rotatable bonds is 4. The molecule has 0 spiro atoms. The van der Waals surface area contributed by atoms with Crippen LogP contribution in [0, 0.1) is 11.8 Å². The molecule has 1 saturated carbocycles. The van der Waals surface area contributed by atoms with Crippen LogP contribution in [0.25, 0.3) is 11.4 Å². The van der Waals surface area contributed by atoms with Crippen molar-refractivity contribution in [2.75, 3.05) is 19.6 Å². The van der Waals surface area contributed by atoms with Gasteiger partial charge >= 0.3 is 0 Å². The molecule has 1 saturated heterocycles. The van der Waals surface area contributed by atoms with Gasteiger partial charge in [0.25, 0.3) is 0 Å². The van der Waals surface area contributed by atoms with Gasteiger partial charge in [-0.05, 0) is 25.7 Å². The first-order chi connectivity index (χ1) is 13.8.